The molecule has 20 heavy (non-hydrogen) atoms. The van der Waals surface area contributed by atoms with Gasteiger partial charge in [-0.15, -0.1) is 11.8 Å². The van der Waals surface area contributed by atoms with E-state index in [1.165, 1.54) is 21.8 Å². The summed E-state index contributed by atoms with van der Waals surface area (Å²) in [5, 5.41) is 10.5. The maximum absolute atomic E-state index is 10.5. The van der Waals surface area contributed by atoms with Crippen LogP contribution in [0.25, 0.3) is 0 Å². The van der Waals surface area contributed by atoms with E-state index in [0.29, 0.717) is 11.8 Å². The first-order chi connectivity index (χ1) is 9.83. The van der Waals surface area contributed by atoms with Crippen molar-refractivity contribution in [2.45, 2.75) is 29.8 Å². The van der Waals surface area contributed by atoms with Gasteiger partial charge in [-0.05, 0) is 47.4 Å². The lowest BCUT2D eigenvalue weighted by molar-refractivity contribution is 0.115. The Morgan fingerprint density at radius 1 is 1.00 bits per heavy atom. The van der Waals surface area contributed by atoms with Crippen molar-refractivity contribution in [3.63, 3.8) is 0 Å². The first kappa shape index (κ1) is 12.5. The van der Waals surface area contributed by atoms with E-state index in [0.717, 1.165) is 18.4 Å². The minimum absolute atomic E-state index is 0.274. The quantitative estimate of drug-likeness (QED) is 0.892. The van der Waals surface area contributed by atoms with Crippen LogP contribution in [-0.4, -0.2) is 10.9 Å². The molecular weight excluding hydrogens is 264 g/mol. The lowest BCUT2D eigenvalue weighted by Gasteiger charge is -2.19. The van der Waals surface area contributed by atoms with E-state index in [1.54, 1.807) is 0 Å². The Morgan fingerprint density at radius 3 is 2.60 bits per heavy atom. The lowest BCUT2D eigenvalue weighted by Crippen LogP contribution is -2.12. The van der Waals surface area contributed by atoms with Crippen molar-refractivity contribution in [2.75, 3.05) is 5.75 Å². The molecule has 2 aromatic rings. The Hall–Kier alpha value is -1.25. The molecule has 2 aliphatic rings. The van der Waals surface area contributed by atoms with Gasteiger partial charge in [-0.3, -0.25) is 0 Å². The molecule has 3 atom stereocenters. The molecule has 2 heteroatoms. The molecule has 0 amide bonds. The first-order valence-electron chi connectivity index (χ1n) is 7.30. The predicted molar refractivity (Wildman–Crippen MR) is 83.1 cm³/mol. The molecule has 1 aliphatic heterocycles. The summed E-state index contributed by atoms with van der Waals surface area (Å²) in [5.74, 6) is 2.15. The van der Waals surface area contributed by atoms with Gasteiger partial charge >= 0.3 is 0 Å². The van der Waals surface area contributed by atoms with Crippen molar-refractivity contribution in [3.05, 3.63) is 65.2 Å². The number of rotatable bonds is 2. The van der Waals surface area contributed by atoms with E-state index >= 15 is 0 Å². The molecule has 3 unspecified atom stereocenters. The van der Waals surface area contributed by atoms with Crippen LogP contribution in [0.1, 0.15) is 35.1 Å². The second-order valence-corrected chi connectivity index (χ2v) is 6.95. The average molecular weight is 282 g/mol. The summed E-state index contributed by atoms with van der Waals surface area (Å²) in [6.45, 7) is 0. The van der Waals surface area contributed by atoms with Gasteiger partial charge < -0.3 is 5.11 Å². The van der Waals surface area contributed by atoms with Crippen LogP contribution in [0.3, 0.4) is 0 Å². The smallest absolute Gasteiger partial charge is 0.0824 e. The highest BCUT2D eigenvalue weighted by molar-refractivity contribution is 7.99. The van der Waals surface area contributed by atoms with Gasteiger partial charge in [0.05, 0.1) is 6.10 Å². The summed E-state index contributed by atoms with van der Waals surface area (Å²) in [5.41, 5.74) is 3.97. The summed E-state index contributed by atoms with van der Waals surface area (Å²) in [7, 11) is 0. The third-order valence-corrected chi connectivity index (χ3v) is 5.94. The van der Waals surface area contributed by atoms with Crippen molar-refractivity contribution >= 4 is 11.8 Å². The van der Waals surface area contributed by atoms with E-state index in [1.807, 2.05) is 17.8 Å². The summed E-state index contributed by atoms with van der Waals surface area (Å²) in [4.78, 5) is 1.43. The molecule has 2 aromatic carbocycles. The topological polar surface area (TPSA) is 20.2 Å². The predicted octanol–water partition coefficient (Wildman–Crippen LogP) is 4.17. The third-order valence-electron chi connectivity index (χ3n) is 4.69. The standard InChI is InChI=1S/C18H18OS/c19-18-13(9-12-5-1-2-7-16(12)18)10-14-11-20-17-8-4-3-6-15(14)17/h1-8,13-14,18-19H,9-11H2. The van der Waals surface area contributed by atoms with Crippen molar-refractivity contribution in [2.24, 2.45) is 5.92 Å². The van der Waals surface area contributed by atoms with Crippen LogP contribution in [0.4, 0.5) is 0 Å². The monoisotopic (exact) mass is 282 g/mol. The Balaban J connectivity index is 1.55. The fourth-order valence-corrected chi connectivity index (χ4v) is 4.93. The molecule has 4 rings (SSSR count). The average Bonchev–Trinajstić information content (AvgIpc) is 3.03. The highest BCUT2D eigenvalue weighted by Crippen LogP contribution is 2.46. The van der Waals surface area contributed by atoms with Crippen molar-refractivity contribution < 1.29 is 5.11 Å². The normalized spacial score (nSPS) is 27.4. The maximum atomic E-state index is 10.5. The first-order valence-corrected chi connectivity index (χ1v) is 8.29. The fourth-order valence-electron chi connectivity index (χ4n) is 3.66. The molecule has 0 fully saturated rings. The molecule has 1 heterocycles. The van der Waals surface area contributed by atoms with Gasteiger partial charge in [0.2, 0.25) is 0 Å². The van der Waals surface area contributed by atoms with Gasteiger partial charge in [0, 0.05) is 10.6 Å². The van der Waals surface area contributed by atoms with Crippen LogP contribution < -0.4 is 0 Å². The Morgan fingerprint density at radius 2 is 1.75 bits per heavy atom. The van der Waals surface area contributed by atoms with Gasteiger partial charge in [-0.1, -0.05) is 42.5 Å². The largest absolute Gasteiger partial charge is 0.388 e. The molecule has 0 saturated heterocycles. The molecular formula is C18H18OS. The van der Waals surface area contributed by atoms with E-state index in [9.17, 15) is 5.11 Å². The molecule has 102 valence electrons. The summed E-state index contributed by atoms with van der Waals surface area (Å²) < 4.78 is 0. The number of benzene rings is 2. The zero-order chi connectivity index (χ0) is 13.5. The van der Waals surface area contributed by atoms with Crippen molar-refractivity contribution in [1.29, 1.82) is 0 Å². The lowest BCUT2D eigenvalue weighted by atomic mass is 9.87. The van der Waals surface area contributed by atoms with Gasteiger partial charge in [0.1, 0.15) is 0 Å². The van der Waals surface area contributed by atoms with Gasteiger partial charge in [0.25, 0.3) is 0 Å². The molecule has 1 nitrogen and oxygen atoms in total. The van der Waals surface area contributed by atoms with E-state index in [-0.39, 0.29) is 6.10 Å². The van der Waals surface area contributed by atoms with Crippen LogP contribution >= 0.6 is 11.8 Å². The number of fused-ring (bicyclic) bond motifs is 2. The second kappa shape index (κ2) is 4.94. The minimum atomic E-state index is -0.274. The number of hydrogen-bond donors (Lipinski definition) is 1. The van der Waals surface area contributed by atoms with E-state index in [2.05, 4.69) is 42.5 Å². The number of hydrogen-bond acceptors (Lipinski definition) is 2. The number of thioether (sulfide) groups is 1. The summed E-state index contributed by atoms with van der Waals surface area (Å²) in [6, 6.07) is 17.1. The molecule has 0 aromatic heterocycles. The van der Waals surface area contributed by atoms with Crippen molar-refractivity contribution in [1.82, 2.24) is 0 Å². The molecule has 0 saturated carbocycles. The summed E-state index contributed by atoms with van der Waals surface area (Å²) in [6.07, 6.45) is 1.85. The molecule has 0 spiro atoms. The van der Waals surface area contributed by atoms with Crippen LogP contribution in [-0.2, 0) is 6.42 Å². The third kappa shape index (κ3) is 1.99. The van der Waals surface area contributed by atoms with Crippen LogP contribution in [0.5, 0.6) is 0 Å². The Bertz CT molecular complexity index is 637. The van der Waals surface area contributed by atoms with Crippen LogP contribution in [0, 0.1) is 5.92 Å². The van der Waals surface area contributed by atoms with Crippen molar-refractivity contribution in [3.8, 4) is 0 Å². The van der Waals surface area contributed by atoms with Crippen LogP contribution in [0.2, 0.25) is 0 Å². The Labute approximate surface area is 124 Å². The van der Waals surface area contributed by atoms with Crippen LogP contribution in [0.15, 0.2) is 53.4 Å². The summed E-state index contributed by atoms with van der Waals surface area (Å²) >= 11 is 1.96. The van der Waals surface area contributed by atoms with Gasteiger partial charge in [-0.25, -0.2) is 0 Å². The van der Waals surface area contributed by atoms with Gasteiger partial charge in [-0.2, -0.15) is 0 Å². The number of aliphatic hydroxyl groups excluding tert-OH is 1. The highest BCUT2D eigenvalue weighted by Gasteiger charge is 2.34. The SMILES string of the molecule is OC1c2ccccc2CC1CC1CSc2ccccc21. The van der Waals surface area contributed by atoms with E-state index < -0.39 is 0 Å². The second-order valence-electron chi connectivity index (χ2n) is 5.89. The molecule has 0 radical (unpaired) electrons. The Kier molecular flexibility index (Phi) is 3.08. The highest BCUT2D eigenvalue weighted by atomic mass is 32.2. The molecule has 1 aliphatic carbocycles. The minimum Gasteiger partial charge on any atom is -0.388 e. The zero-order valence-electron chi connectivity index (χ0n) is 11.3. The maximum Gasteiger partial charge on any atom is 0.0824 e. The number of aliphatic hydroxyl groups is 1. The fraction of sp³-hybridized carbons (Fsp3) is 0.333. The molecule has 0 bridgehead atoms. The van der Waals surface area contributed by atoms with Gasteiger partial charge in [0.15, 0.2) is 0 Å². The van der Waals surface area contributed by atoms with E-state index in [4.69, 9.17) is 0 Å². The zero-order valence-corrected chi connectivity index (χ0v) is 12.1. The molecule has 1 N–H and O–H groups in total.